The molecule has 1 aromatic heterocycles. The van der Waals surface area contributed by atoms with Crippen LogP contribution in [0.15, 0.2) is 12.1 Å². The highest BCUT2D eigenvalue weighted by molar-refractivity contribution is 14.1. The van der Waals surface area contributed by atoms with Crippen LogP contribution < -0.4 is 5.32 Å². The number of hydrogen-bond donors (Lipinski definition) is 2. The number of carbonyl (C=O) groups is 2. The van der Waals surface area contributed by atoms with Gasteiger partial charge in [-0.25, -0.2) is 9.78 Å². The predicted molar refractivity (Wildman–Crippen MR) is 65.3 cm³/mol. The molecule has 0 spiro atoms. The monoisotopic (exact) mass is 332 g/mol. The Labute approximate surface area is 105 Å². The fourth-order valence-electron chi connectivity index (χ4n) is 1.24. The van der Waals surface area contributed by atoms with Crippen molar-refractivity contribution in [1.29, 1.82) is 0 Å². The van der Waals surface area contributed by atoms with E-state index < -0.39 is 5.97 Å². The summed E-state index contributed by atoms with van der Waals surface area (Å²) in [6.07, 6.45) is 1.81. The zero-order valence-electron chi connectivity index (χ0n) is 8.24. The van der Waals surface area contributed by atoms with Crippen molar-refractivity contribution in [1.82, 2.24) is 4.98 Å². The van der Waals surface area contributed by atoms with Gasteiger partial charge in [-0.1, -0.05) is 0 Å². The summed E-state index contributed by atoms with van der Waals surface area (Å²) in [4.78, 5) is 26.1. The van der Waals surface area contributed by atoms with E-state index in [9.17, 15) is 9.59 Å². The van der Waals surface area contributed by atoms with Crippen LogP contribution in [-0.2, 0) is 4.79 Å². The van der Waals surface area contributed by atoms with Crippen molar-refractivity contribution >= 4 is 40.3 Å². The van der Waals surface area contributed by atoms with Crippen molar-refractivity contribution in [2.45, 2.75) is 12.8 Å². The van der Waals surface area contributed by atoms with Crippen LogP contribution in [0.3, 0.4) is 0 Å². The lowest BCUT2D eigenvalue weighted by Crippen LogP contribution is -2.15. The van der Waals surface area contributed by atoms with E-state index in [2.05, 4.69) is 10.3 Å². The molecule has 1 amide bonds. The predicted octanol–water partition coefficient (Wildman–Crippen LogP) is 1.73. The molecule has 0 atom stereocenters. The molecule has 1 fully saturated rings. The third-order valence-electron chi connectivity index (χ3n) is 2.21. The van der Waals surface area contributed by atoms with Crippen molar-refractivity contribution in [3.8, 4) is 0 Å². The lowest BCUT2D eigenvalue weighted by atomic mass is 10.3. The van der Waals surface area contributed by atoms with E-state index >= 15 is 0 Å². The molecule has 2 rings (SSSR count). The Morgan fingerprint density at radius 2 is 2.12 bits per heavy atom. The first-order valence-corrected chi connectivity index (χ1v) is 5.86. The molecule has 5 nitrogen and oxygen atoms in total. The quantitative estimate of drug-likeness (QED) is 0.827. The Balaban J connectivity index is 2.19. The molecular formula is C10H9IN2O3. The lowest BCUT2D eigenvalue weighted by molar-refractivity contribution is -0.117. The van der Waals surface area contributed by atoms with Crippen LogP contribution in [0.2, 0.25) is 0 Å². The van der Waals surface area contributed by atoms with E-state index in [-0.39, 0.29) is 17.5 Å². The molecule has 1 aliphatic carbocycles. The molecule has 1 heterocycles. The van der Waals surface area contributed by atoms with Gasteiger partial charge in [0.2, 0.25) is 5.91 Å². The number of aromatic nitrogens is 1. The minimum atomic E-state index is -1.10. The average molecular weight is 332 g/mol. The van der Waals surface area contributed by atoms with E-state index in [0.717, 1.165) is 16.4 Å². The van der Waals surface area contributed by atoms with E-state index in [1.807, 2.05) is 22.6 Å². The van der Waals surface area contributed by atoms with Gasteiger partial charge in [-0.2, -0.15) is 0 Å². The SMILES string of the molecule is O=C(O)c1cc(I)cc(NC(=O)C2CC2)n1. The highest BCUT2D eigenvalue weighted by Crippen LogP contribution is 2.30. The maximum atomic E-state index is 11.5. The van der Waals surface area contributed by atoms with Crippen LogP contribution in [0.25, 0.3) is 0 Å². The summed E-state index contributed by atoms with van der Waals surface area (Å²) < 4.78 is 0.732. The maximum Gasteiger partial charge on any atom is 0.354 e. The van der Waals surface area contributed by atoms with Crippen LogP contribution in [0.1, 0.15) is 23.3 Å². The third-order valence-corrected chi connectivity index (χ3v) is 2.83. The molecule has 0 radical (unpaired) electrons. The van der Waals surface area contributed by atoms with Gasteiger partial charge in [0.05, 0.1) is 0 Å². The molecule has 0 unspecified atom stereocenters. The molecule has 16 heavy (non-hydrogen) atoms. The Morgan fingerprint density at radius 3 is 2.69 bits per heavy atom. The van der Waals surface area contributed by atoms with E-state index in [0.29, 0.717) is 5.82 Å². The smallest absolute Gasteiger partial charge is 0.354 e. The van der Waals surface area contributed by atoms with Crippen LogP contribution in [0, 0.1) is 9.49 Å². The van der Waals surface area contributed by atoms with Crippen molar-refractivity contribution in [3.63, 3.8) is 0 Å². The number of nitrogens with one attached hydrogen (secondary N) is 1. The number of hydrogen-bond acceptors (Lipinski definition) is 3. The molecule has 0 aromatic carbocycles. The molecule has 84 valence electrons. The number of carbonyl (C=O) groups excluding carboxylic acids is 1. The highest BCUT2D eigenvalue weighted by atomic mass is 127. The Bertz CT molecular complexity index is 457. The fraction of sp³-hybridized carbons (Fsp3) is 0.300. The molecule has 0 saturated heterocycles. The standard InChI is InChI=1S/C10H9IN2O3/c11-6-3-7(10(15)16)12-8(4-6)13-9(14)5-1-2-5/h3-5H,1-2H2,(H,15,16)(H,12,13,14). The average Bonchev–Trinajstić information content (AvgIpc) is 2.99. The number of carboxylic acids is 1. The molecular weight excluding hydrogens is 323 g/mol. The van der Waals surface area contributed by atoms with Crippen molar-refractivity contribution in [2.24, 2.45) is 5.92 Å². The normalized spacial score (nSPS) is 14.6. The maximum absolute atomic E-state index is 11.5. The van der Waals surface area contributed by atoms with Gasteiger partial charge in [-0.3, -0.25) is 4.79 Å². The largest absolute Gasteiger partial charge is 0.477 e. The Kier molecular flexibility index (Phi) is 3.08. The second kappa shape index (κ2) is 4.36. The highest BCUT2D eigenvalue weighted by Gasteiger charge is 2.29. The summed E-state index contributed by atoms with van der Waals surface area (Å²) in [6, 6.07) is 3.10. The van der Waals surface area contributed by atoms with Crippen molar-refractivity contribution in [2.75, 3.05) is 5.32 Å². The zero-order chi connectivity index (χ0) is 11.7. The fourth-order valence-corrected chi connectivity index (χ4v) is 1.83. The number of anilines is 1. The number of halogens is 1. The summed E-state index contributed by atoms with van der Waals surface area (Å²) in [5, 5.41) is 11.4. The topological polar surface area (TPSA) is 79.3 Å². The van der Waals surface area contributed by atoms with Gasteiger partial charge in [0.1, 0.15) is 5.82 Å². The first-order chi connectivity index (χ1) is 7.56. The Hall–Kier alpha value is -1.18. The van der Waals surface area contributed by atoms with Crippen molar-refractivity contribution in [3.05, 3.63) is 21.4 Å². The van der Waals surface area contributed by atoms with Crippen LogP contribution in [0.4, 0.5) is 5.82 Å². The second-order valence-corrected chi connectivity index (χ2v) is 4.87. The first-order valence-electron chi connectivity index (χ1n) is 4.78. The molecule has 0 aliphatic heterocycles. The summed E-state index contributed by atoms with van der Waals surface area (Å²) >= 11 is 1.99. The number of amides is 1. The van der Waals surface area contributed by atoms with Gasteiger partial charge in [-0.05, 0) is 47.6 Å². The second-order valence-electron chi connectivity index (χ2n) is 3.62. The molecule has 2 N–H and O–H groups in total. The number of pyridine rings is 1. The number of rotatable bonds is 3. The van der Waals surface area contributed by atoms with Gasteiger partial charge < -0.3 is 10.4 Å². The van der Waals surface area contributed by atoms with Crippen LogP contribution in [-0.4, -0.2) is 22.0 Å². The van der Waals surface area contributed by atoms with Crippen LogP contribution >= 0.6 is 22.6 Å². The van der Waals surface area contributed by atoms with Gasteiger partial charge in [0, 0.05) is 9.49 Å². The van der Waals surface area contributed by atoms with Crippen LogP contribution in [0.5, 0.6) is 0 Å². The first kappa shape index (κ1) is 11.3. The number of aromatic carboxylic acids is 1. The summed E-state index contributed by atoms with van der Waals surface area (Å²) in [7, 11) is 0. The molecule has 6 heteroatoms. The minimum absolute atomic E-state index is 0.0574. The zero-order valence-corrected chi connectivity index (χ0v) is 10.4. The summed E-state index contributed by atoms with van der Waals surface area (Å²) in [5.41, 5.74) is -0.0574. The van der Waals surface area contributed by atoms with Crippen molar-refractivity contribution < 1.29 is 14.7 Å². The van der Waals surface area contributed by atoms with E-state index in [1.165, 1.54) is 6.07 Å². The molecule has 1 aromatic rings. The van der Waals surface area contributed by atoms with Gasteiger partial charge in [0.25, 0.3) is 0 Å². The van der Waals surface area contributed by atoms with E-state index in [4.69, 9.17) is 5.11 Å². The molecule has 0 bridgehead atoms. The summed E-state index contributed by atoms with van der Waals surface area (Å²) in [5.74, 6) is -0.791. The number of carboxylic acid groups (broad SMARTS) is 1. The van der Waals surface area contributed by atoms with Gasteiger partial charge >= 0.3 is 5.97 Å². The minimum Gasteiger partial charge on any atom is -0.477 e. The van der Waals surface area contributed by atoms with Gasteiger partial charge in [0.15, 0.2) is 5.69 Å². The lowest BCUT2D eigenvalue weighted by Gasteiger charge is -2.04. The van der Waals surface area contributed by atoms with Gasteiger partial charge in [-0.15, -0.1) is 0 Å². The molecule has 1 aliphatic rings. The molecule has 1 saturated carbocycles. The Morgan fingerprint density at radius 1 is 1.44 bits per heavy atom. The number of nitrogens with zero attached hydrogens (tertiary/aromatic N) is 1. The van der Waals surface area contributed by atoms with E-state index in [1.54, 1.807) is 6.07 Å². The third kappa shape index (κ3) is 2.69. The summed E-state index contributed by atoms with van der Waals surface area (Å²) in [6.45, 7) is 0.